The molecule has 3 saturated carbocycles. The van der Waals surface area contributed by atoms with E-state index in [9.17, 15) is 14.9 Å². The van der Waals surface area contributed by atoms with Crippen LogP contribution >= 0.6 is 0 Å². The highest BCUT2D eigenvalue weighted by atomic mass is 16.5. The predicted molar refractivity (Wildman–Crippen MR) is 130 cm³/mol. The van der Waals surface area contributed by atoms with Crippen molar-refractivity contribution >= 4 is 17.5 Å². The van der Waals surface area contributed by atoms with Crippen molar-refractivity contribution in [2.45, 2.75) is 69.2 Å². The van der Waals surface area contributed by atoms with Crippen LogP contribution in [-0.2, 0) is 9.59 Å². The molecule has 0 spiro atoms. The number of benzene rings is 1. The molecule has 1 aromatic carbocycles. The fourth-order valence-electron chi connectivity index (χ4n) is 5.83. The van der Waals surface area contributed by atoms with E-state index < -0.39 is 5.54 Å². The average Bonchev–Trinajstić information content (AvgIpc) is 3.62. The Labute approximate surface area is 202 Å². The number of nitrogens with one attached hydrogen (secondary N) is 1. The van der Waals surface area contributed by atoms with Crippen molar-refractivity contribution in [2.24, 2.45) is 11.8 Å². The highest BCUT2D eigenvalue weighted by Crippen LogP contribution is 2.42. The molecule has 4 aliphatic rings. The first-order valence-electron chi connectivity index (χ1n) is 13.0. The molecule has 4 fully saturated rings. The van der Waals surface area contributed by atoms with Gasteiger partial charge in [-0.3, -0.25) is 9.59 Å². The van der Waals surface area contributed by atoms with Gasteiger partial charge in [-0.15, -0.1) is 0 Å². The van der Waals surface area contributed by atoms with Crippen molar-refractivity contribution in [3.05, 3.63) is 23.8 Å². The first-order chi connectivity index (χ1) is 16.5. The molecule has 7 heteroatoms. The largest absolute Gasteiger partial charge is 0.496 e. The highest BCUT2D eigenvalue weighted by Gasteiger charge is 2.47. The first-order valence-corrected chi connectivity index (χ1v) is 13.0. The number of methoxy groups -OCH3 is 1. The van der Waals surface area contributed by atoms with E-state index in [2.05, 4.69) is 34.5 Å². The quantitative estimate of drug-likeness (QED) is 0.695. The van der Waals surface area contributed by atoms with Crippen LogP contribution in [0.15, 0.2) is 18.2 Å². The summed E-state index contributed by atoms with van der Waals surface area (Å²) in [5.41, 5.74) is 1.79. The van der Waals surface area contributed by atoms with Crippen molar-refractivity contribution in [2.75, 3.05) is 38.2 Å². The normalized spacial score (nSPS) is 26.2. The monoisotopic (exact) mass is 464 g/mol. The number of anilines is 1. The number of ether oxygens (including phenoxy) is 1. The maximum Gasteiger partial charge on any atom is 0.226 e. The molecule has 1 aliphatic heterocycles. The van der Waals surface area contributed by atoms with E-state index >= 15 is 0 Å². The van der Waals surface area contributed by atoms with Gasteiger partial charge in [0.2, 0.25) is 11.8 Å². The Morgan fingerprint density at radius 3 is 2.32 bits per heavy atom. The molecular formula is C27H36N4O3. The van der Waals surface area contributed by atoms with Crippen LogP contribution in [0.4, 0.5) is 5.69 Å². The lowest BCUT2D eigenvalue weighted by Crippen LogP contribution is -2.53. The molecule has 182 valence electrons. The third kappa shape index (κ3) is 4.47. The van der Waals surface area contributed by atoms with E-state index in [4.69, 9.17) is 4.74 Å². The number of rotatable bonds is 6. The molecule has 2 amide bonds. The van der Waals surface area contributed by atoms with Gasteiger partial charge in [-0.1, -0.05) is 25.3 Å². The zero-order valence-electron chi connectivity index (χ0n) is 20.2. The summed E-state index contributed by atoms with van der Waals surface area (Å²) >= 11 is 0. The van der Waals surface area contributed by atoms with Gasteiger partial charge in [-0.05, 0) is 56.1 Å². The Kier molecular flexibility index (Phi) is 6.42. The van der Waals surface area contributed by atoms with Gasteiger partial charge in [0.05, 0.1) is 13.2 Å². The lowest BCUT2D eigenvalue weighted by atomic mass is 9.77. The van der Waals surface area contributed by atoms with E-state index in [1.807, 2.05) is 4.90 Å². The Morgan fingerprint density at radius 2 is 1.74 bits per heavy atom. The van der Waals surface area contributed by atoms with Crippen molar-refractivity contribution < 1.29 is 14.3 Å². The van der Waals surface area contributed by atoms with Gasteiger partial charge >= 0.3 is 0 Å². The molecule has 1 N–H and O–H groups in total. The molecular weight excluding hydrogens is 428 g/mol. The van der Waals surface area contributed by atoms with Crippen LogP contribution < -0.4 is 15.0 Å². The predicted octanol–water partition coefficient (Wildman–Crippen LogP) is 3.59. The van der Waals surface area contributed by atoms with Crippen LogP contribution in [-0.4, -0.2) is 55.5 Å². The standard InChI is InChI=1S/C27H36N4O3/c1-34-24-17-20(9-10-21(24)19-5-4-6-19)30-13-15-31(16-14-30)26(33)23-8-3-2-7-22(23)25(32)29-27(18-28)11-12-27/h9-10,17,19,22-23H,2-8,11-16H2,1H3,(H,29,32)/t22-,23-/m1/s1. The minimum absolute atomic E-state index is 0.102. The van der Waals surface area contributed by atoms with Crippen LogP contribution in [0.25, 0.3) is 0 Å². The number of carbonyl (C=O) groups is 2. The average molecular weight is 465 g/mol. The van der Waals surface area contributed by atoms with Gasteiger partial charge < -0.3 is 19.9 Å². The molecule has 0 unspecified atom stereocenters. The van der Waals surface area contributed by atoms with Gasteiger partial charge in [-0.2, -0.15) is 5.26 Å². The SMILES string of the molecule is COc1cc(N2CCN(C(=O)[C@@H]3CCCC[C@H]3C(=O)NC3(C#N)CC3)CC2)ccc1C1CCC1. The highest BCUT2D eigenvalue weighted by molar-refractivity contribution is 5.89. The third-order valence-corrected chi connectivity index (χ3v) is 8.46. The second-order valence-corrected chi connectivity index (χ2v) is 10.5. The van der Waals surface area contributed by atoms with E-state index in [0.29, 0.717) is 19.0 Å². The van der Waals surface area contributed by atoms with Gasteiger partial charge in [0, 0.05) is 49.8 Å². The summed E-state index contributed by atoms with van der Waals surface area (Å²) in [4.78, 5) is 30.7. The Bertz CT molecular complexity index is 971. The molecule has 0 bridgehead atoms. The maximum absolute atomic E-state index is 13.5. The summed E-state index contributed by atoms with van der Waals surface area (Å²) in [6.45, 7) is 2.88. The maximum atomic E-state index is 13.5. The summed E-state index contributed by atoms with van der Waals surface area (Å²) in [7, 11) is 1.75. The zero-order chi connectivity index (χ0) is 23.7. The molecule has 0 radical (unpaired) electrons. The summed E-state index contributed by atoms with van der Waals surface area (Å²) in [6, 6.07) is 8.79. The number of hydrogen-bond acceptors (Lipinski definition) is 5. The minimum Gasteiger partial charge on any atom is -0.496 e. The van der Waals surface area contributed by atoms with E-state index in [0.717, 1.165) is 63.1 Å². The molecule has 1 saturated heterocycles. The Morgan fingerprint density at radius 1 is 1.03 bits per heavy atom. The number of hydrogen-bond donors (Lipinski definition) is 1. The van der Waals surface area contributed by atoms with Crippen LogP contribution in [0.3, 0.4) is 0 Å². The summed E-state index contributed by atoms with van der Waals surface area (Å²) < 4.78 is 5.70. The summed E-state index contributed by atoms with van der Waals surface area (Å²) in [6.07, 6.45) is 8.67. The zero-order valence-corrected chi connectivity index (χ0v) is 20.2. The van der Waals surface area contributed by atoms with Crippen LogP contribution in [0, 0.1) is 23.2 Å². The van der Waals surface area contributed by atoms with Crippen molar-refractivity contribution in [1.29, 1.82) is 5.26 Å². The van der Waals surface area contributed by atoms with Crippen LogP contribution in [0.5, 0.6) is 5.75 Å². The van der Waals surface area contributed by atoms with E-state index in [-0.39, 0.29) is 23.7 Å². The number of amides is 2. The van der Waals surface area contributed by atoms with Gasteiger partial charge in [0.1, 0.15) is 11.3 Å². The van der Waals surface area contributed by atoms with Gasteiger partial charge in [-0.25, -0.2) is 0 Å². The lowest BCUT2D eigenvalue weighted by Gasteiger charge is -2.40. The topological polar surface area (TPSA) is 85.7 Å². The van der Waals surface area contributed by atoms with Gasteiger partial charge in [0.25, 0.3) is 0 Å². The molecule has 7 nitrogen and oxygen atoms in total. The third-order valence-electron chi connectivity index (χ3n) is 8.46. The number of carbonyl (C=O) groups excluding carboxylic acids is 2. The second kappa shape index (κ2) is 9.48. The first kappa shape index (κ1) is 23.0. The second-order valence-electron chi connectivity index (χ2n) is 10.5. The fourth-order valence-corrected chi connectivity index (χ4v) is 5.83. The van der Waals surface area contributed by atoms with E-state index in [1.165, 1.54) is 24.8 Å². The number of piperazine rings is 1. The molecule has 2 atom stereocenters. The van der Waals surface area contributed by atoms with Crippen LogP contribution in [0.1, 0.15) is 69.3 Å². The molecule has 1 aromatic rings. The fraction of sp³-hybridized carbons (Fsp3) is 0.667. The Hall–Kier alpha value is -2.75. The molecule has 34 heavy (non-hydrogen) atoms. The smallest absolute Gasteiger partial charge is 0.226 e. The van der Waals surface area contributed by atoms with Gasteiger partial charge in [0.15, 0.2) is 0 Å². The number of nitriles is 1. The summed E-state index contributed by atoms with van der Waals surface area (Å²) in [5.74, 6) is 1.03. The number of nitrogens with zero attached hydrogens (tertiary/aromatic N) is 3. The molecule has 0 aromatic heterocycles. The van der Waals surface area contributed by atoms with Crippen molar-refractivity contribution in [3.8, 4) is 11.8 Å². The Balaban J connectivity index is 1.20. The minimum atomic E-state index is -0.678. The van der Waals surface area contributed by atoms with Crippen LogP contribution in [0.2, 0.25) is 0 Å². The molecule has 5 rings (SSSR count). The molecule has 3 aliphatic carbocycles. The summed E-state index contributed by atoms with van der Waals surface area (Å²) in [5, 5.41) is 12.3. The lowest BCUT2D eigenvalue weighted by molar-refractivity contribution is -0.144. The molecule has 1 heterocycles. The van der Waals surface area contributed by atoms with Crippen molar-refractivity contribution in [1.82, 2.24) is 10.2 Å². The van der Waals surface area contributed by atoms with Crippen molar-refractivity contribution in [3.63, 3.8) is 0 Å². The van der Waals surface area contributed by atoms with E-state index in [1.54, 1.807) is 7.11 Å².